The summed E-state index contributed by atoms with van der Waals surface area (Å²) in [4.78, 5) is 35.3. The first-order valence-electron chi connectivity index (χ1n) is 10.4. The van der Waals surface area contributed by atoms with Gasteiger partial charge >= 0.3 is 0 Å². The summed E-state index contributed by atoms with van der Waals surface area (Å²) < 4.78 is 6.15. The van der Waals surface area contributed by atoms with Crippen molar-refractivity contribution in [3.8, 4) is 0 Å². The van der Waals surface area contributed by atoms with Crippen molar-refractivity contribution in [3.63, 3.8) is 0 Å². The van der Waals surface area contributed by atoms with Gasteiger partial charge in [-0.1, -0.05) is 29.8 Å². The fourth-order valence-corrected chi connectivity index (χ4v) is 7.86. The standard InChI is InChI=1S/C21H21N3O5/c25-18-10-16-19-13-9-17-20(6-7-22(17)11-12(13)5-8-28-16)14-3-1-2-4-15(14)23(18)21(19,20)29-24(26)27/h1-5,13,16-17,19H,6-11H2/t13-,16?,17-,19+,20+,21?/m0/s1. The molecule has 6 aliphatic rings. The van der Waals surface area contributed by atoms with Gasteiger partial charge in [0.15, 0.2) is 0 Å². The summed E-state index contributed by atoms with van der Waals surface area (Å²) in [5, 5.41) is 11.3. The molecule has 150 valence electrons. The largest absolute Gasteiger partial charge is 0.373 e. The molecule has 2 bridgehead atoms. The van der Waals surface area contributed by atoms with Crippen LogP contribution in [0.5, 0.6) is 0 Å². The summed E-state index contributed by atoms with van der Waals surface area (Å²) in [6.07, 6.45) is 3.70. The Morgan fingerprint density at radius 2 is 2.17 bits per heavy atom. The molecule has 6 atom stereocenters. The Morgan fingerprint density at radius 1 is 1.31 bits per heavy atom. The molecule has 0 aromatic heterocycles. The van der Waals surface area contributed by atoms with Crippen LogP contribution in [0.15, 0.2) is 35.9 Å². The summed E-state index contributed by atoms with van der Waals surface area (Å²) in [6, 6.07) is 7.97. The van der Waals surface area contributed by atoms with Gasteiger partial charge in [-0.25, -0.2) is 0 Å². The minimum absolute atomic E-state index is 0.122. The van der Waals surface area contributed by atoms with E-state index in [0.717, 1.165) is 37.2 Å². The number of piperidine rings is 2. The number of carbonyl (C=O) groups is 1. The topological polar surface area (TPSA) is 85.2 Å². The van der Waals surface area contributed by atoms with Crippen LogP contribution in [-0.2, 0) is 19.8 Å². The third-order valence-corrected chi connectivity index (χ3v) is 8.52. The molecule has 0 N–H and O–H groups in total. The molecule has 2 unspecified atom stereocenters. The maximum Gasteiger partial charge on any atom is 0.296 e. The fraction of sp³-hybridized carbons (Fsp3) is 0.571. The maximum atomic E-state index is 13.5. The molecule has 8 heteroatoms. The van der Waals surface area contributed by atoms with Crippen molar-refractivity contribution in [2.75, 3.05) is 24.6 Å². The SMILES string of the molecule is O=C1CC2OCC=C3CN4CC[C@]56c7ccccc7N1C5(O[N+](=O)[O-])[C@@H]2[C@H]3C[C@H]46. The van der Waals surface area contributed by atoms with Gasteiger partial charge in [0.2, 0.25) is 11.6 Å². The van der Waals surface area contributed by atoms with Gasteiger partial charge in [-0.15, -0.1) is 10.1 Å². The van der Waals surface area contributed by atoms with Crippen LogP contribution in [0, 0.1) is 22.0 Å². The molecule has 29 heavy (non-hydrogen) atoms. The van der Waals surface area contributed by atoms with Crippen molar-refractivity contribution in [1.29, 1.82) is 0 Å². The minimum Gasteiger partial charge on any atom is -0.373 e. The summed E-state index contributed by atoms with van der Waals surface area (Å²) >= 11 is 0. The van der Waals surface area contributed by atoms with Crippen molar-refractivity contribution in [2.45, 2.75) is 42.5 Å². The zero-order chi connectivity index (χ0) is 19.5. The molecule has 5 heterocycles. The number of anilines is 1. The Kier molecular flexibility index (Phi) is 2.81. The van der Waals surface area contributed by atoms with Gasteiger partial charge in [-0.2, -0.15) is 0 Å². The number of fused-ring (bicyclic) bond motifs is 2. The number of benzene rings is 1. The van der Waals surface area contributed by atoms with E-state index in [1.807, 2.05) is 24.3 Å². The van der Waals surface area contributed by atoms with Crippen LogP contribution >= 0.6 is 0 Å². The number of rotatable bonds is 2. The van der Waals surface area contributed by atoms with Crippen molar-refractivity contribution < 1.29 is 19.5 Å². The fourth-order valence-electron chi connectivity index (χ4n) is 7.86. The first kappa shape index (κ1) is 16.4. The summed E-state index contributed by atoms with van der Waals surface area (Å²) in [5.74, 6) is -0.248. The molecule has 5 aliphatic heterocycles. The van der Waals surface area contributed by atoms with E-state index < -0.39 is 16.2 Å². The number of amides is 1. The Morgan fingerprint density at radius 3 is 3.03 bits per heavy atom. The van der Waals surface area contributed by atoms with Crippen LogP contribution < -0.4 is 4.90 Å². The molecule has 8 nitrogen and oxygen atoms in total. The third kappa shape index (κ3) is 1.59. The van der Waals surface area contributed by atoms with Gasteiger partial charge < -0.3 is 4.74 Å². The average molecular weight is 395 g/mol. The van der Waals surface area contributed by atoms with E-state index in [-0.39, 0.29) is 36.3 Å². The molecule has 0 radical (unpaired) electrons. The van der Waals surface area contributed by atoms with Crippen molar-refractivity contribution in [1.82, 2.24) is 4.90 Å². The highest BCUT2D eigenvalue weighted by atomic mass is 17.0. The quantitative estimate of drug-likeness (QED) is 0.430. The second-order valence-electron chi connectivity index (χ2n) is 9.19. The van der Waals surface area contributed by atoms with Gasteiger partial charge in [-0.3, -0.25) is 19.4 Å². The van der Waals surface area contributed by atoms with E-state index in [2.05, 4.69) is 11.0 Å². The van der Waals surface area contributed by atoms with E-state index in [9.17, 15) is 14.9 Å². The van der Waals surface area contributed by atoms with Gasteiger partial charge in [0.05, 0.1) is 30.2 Å². The minimum atomic E-state index is -1.34. The molecule has 3 saturated heterocycles. The summed E-state index contributed by atoms with van der Waals surface area (Å²) in [7, 11) is 0. The third-order valence-electron chi connectivity index (χ3n) is 8.52. The molecule has 1 aliphatic carbocycles. The highest BCUT2D eigenvalue weighted by molar-refractivity contribution is 6.00. The molecular weight excluding hydrogens is 374 g/mol. The van der Waals surface area contributed by atoms with Crippen LogP contribution in [0.25, 0.3) is 0 Å². The average Bonchev–Trinajstić information content (AvgIpc) is 3.12. The molecular formula is C21H21N3O5. The number of hydrogen-bond donors (Lipinski definition) is 0. The lowest BCUT2D eigenvalue weighted by molar-refractivity contribution is -0.788. The molecule has 1 amide bonds. The number of carbonyl (C=O) groups excluding carboxylic acids is 1. The zero-order valence-corrected chi connectivity index (χ0v) is 15.8. The Labute approximate surface area is 167 Å². The summed E-state index contributed by atoms with van der Waals surface area (Å²) in [5.41, 5.74) is 1.15. The van der Waals surface area contributed by atoms with Crippen LogP contribution in [-0.4, -0.2) is 53.5 Å². The van der Waals surface area contributed by atoms with Gasteiger partial charge in [0, 0.05) is 18.5 Å². The molecule has 1 spiro atoms. The lowest BCUT2D eigenvalue weighted by Crippen LogP contribution is -2.78. The number of para-hydroxylation sites is 1. The Balaban J connectivity index is 1.61. The smallest absolute Gasteiger partial charge is 0.296 e. The second kappa shape index (κ2) is 4.99. The van der Waals surface area contributed by atoms with E-state index in [4.69, 9.17) is 9.57 Å². The van der Waals surface area contributed by atoms with Gasteiger partial charge in [0.25, 0.3) is 5.09 Å². The number of nitrogens with zero attached hydrogens (tertiary/aromatic N) is 3. The molecule has 1 aromatic carbocycles. The first-order valence-corrected chi connectivity index (χ1v) is 10.4. The number of ether oxygens (including phenoxy) is 1. The Bertz CT molecular complexity index is 1010. The van der Waals surface area contributed by atoms with Crippen LogP contribution in [0.3, 0.4) is 0 Å². The van der Waals surface area contributed by atoms with E-state index >= 15 is 0 Å². The highest BCUT2D eigenvalue weighted by Gasteiger charge is 2.81. The predicted octanol–water partition coefficient (Wildman–Crippen LogP) is 1.63. The van der Waals surface area contributed by atoms with Crippen LogP contribution in [0.1, 0.15) is 24.8 Å². The number of hydrogen-bond acceptors (Lipinski definition) is 6. The predicted molar refractivity (Wildman–Crippen MR) is 100 cm³/mol. The van der Waals surface area contributed by atoms with E-state index in [1.165, 1.54) is 5.57 Å². The molecule has 7 rings (SSSR count). The van der Waals surface area contributed by atoms with Crippen molar-refractivity contribution >= 4 is 11.6 Å². The molecule has 1 saturated carbocycles. The van der Waals surface area contributed by atoms with Gasteiger partial charge in [0.1, 0.15) is 0 Å². The van der Waals surface area contributed by atoms with Crippen molar-refractivity contribution in [2.24, 2.45) is 11.8 Å². The van der Waals surface area contributed by atoms with Crippen LogP contribution in [0.2, 0.25) is 0 Å². The first-order chi connectivity index (χ1) is 14.1. The Hall–Kier alpha value is -2.45. The van der Waals surface area contributed by atoms with Crippen LogP contribution in [0.4, 0.5) is 5.69 Å². The van der Waals surface area contributed by atoms with E-state index in [0.29, 0.717) is 6.61 Å². The van der Waals surface area contributed by atoms with Gasteiger partial charge in [-0.05, 0) is 36.9 Å². The lowest BCUT2D eigenvalue weighted by atomic mass is 9.51. The molecule has 1 aromatic rings. The maximum absolute atomic E-state index is 13.5. The monoisotopic (exact) mass is 395 g/mol. The lowest BCUT2D eigenvalue weighted by Gasteiger charge is -2.63. The second-order valence-corrected chi connectivity index (χ2v) is 9.19. The normalized spacial score (nSPS) is 43.5. The summed E-state index contributed by atoms with van der Waals surface area (Å²) in [6.45, 7) is 2.19. The zero-order valence-electron chi connectivity index (χ0n) is 15.8. The highest BCUT2D eigenvalue weighted by Crippen LogP contribution is 2.70. The van der Waals surface area contributed by atoms with E-state index in [1.54, 1.807) is 4.90 Å². The van der Waals surface area contributed by atoms with Crippen molar-refractivity contribution in [3.05, 3.63) is 51.6 Å². The molecule has 4 fully saturated rings.